The summed E-state index contributed by atoms with van der Waals surface area (Å²) in [5.74, 6) is -0.966. The molecule has 1 rings (SSSR count). The number of carbonyl (C=O) groups is 1. The van der Waals surface area contributed by atoms with Crippen LogP contribution < -0.4 is 10.5 Å². The molecule has 0 aliphatic carbocycles. The summed E-state index contributed by atoms with van der Waals surface area (Å²) < 4.78 is 17.9. The van der Waals surface area contributed by atoms with Crippen molar-refractivity contribution in [2.24, 2.45) is 5.73 Å². The van der Waals surface area contributed by atoms with E-state index < -0.39 is 17.6 Å². The van der Waals surface area contributed by atoms with Crippen molar-refractivity contribution in [1.82, 2.24) is 4.98 Å². The summed E-state index contributed by atoms with van der Waals surface area (Å²) in [6.45, 7) is 1.49. The predicted molar refractivity (Wildman–Crippen MR) is 48.7 cm³/mol. The van der Waals surface area contributed by atoms with Gasteiger partial charge in [-0.15, -0.1) is 0 Å². The summed E-state index contributed by atoms with van der Waals surface area (Å²) in [6, 6.07) is 0.498. The molecule has 0 fully saturated rings. The molecule has 1 atom stereocenters. The number of halogens is 1. The Hall–Kier alpha value is -1.49. The number of pyridine rings is 1. The smallest absolute Gasteiger partial charge is 0.213 e. The van der Waals surface area contributed by atoms with Gasteiger partial charge < -0.3 is 10.5 Å². The van der Waals surface area contributed by atoms with Gasteiger partial charge in [0.2, 0.25) is 5.88 Å². The molecule has 4 nitrogen and oxygen atoms in total. The van der Waals surface area contributed by atoms with Crippen molar-refractivity contribution in [3.8, 4) is 5.88 Å². The van der Waals surface area contributed by atoms with E-state index >= 15 is 0 Å². The number of carbonyl (C=O) groups excluding carboxylic acids is 1. The number of ether oxygens (including phenoxy) is 1. The van der Waals surface area contributed by atoms with Gasteiger partial charge in [-0.25, -0.2) is 9.37 Å². The first-order chi connectivity index (χ1) is 6.56. The molecule has 0 aromatic carbocycles. The van der Waals surface area contributed by atoms with Gasteiger partial charge >= 0.3 is 0 Å². The second kappa shape index (κ2) is 4.15. The van der Waals surface area contributed by atoms with Gasteiger partial charge in [-0.05, 0) is 6.92 Å². The van der Waals surface area contributed by atoms with E-state index in [0.717, 1.165) is 6.20 Å². The van der Waals surface area contributed by atoms with Gasteiger partial charge in [-0.1, -0.05) is 0 Å². The van der Waals surface area contributed by atoms with Crippen molar-refractivity contribution >= 4 is 5.78 Å². The van der Waals surface area contributed by atoms with E-state index in [1.807, 2.05) is 0 Å². The molecule has 14 heavy (non-hydrogen) atoms. The third-order valence-corrected chi connectivity index (χ3v) is 1.72. The molecule has 0 saturated carbocycles. The Labute approximate surface area is 80.9 Å². The van der Waals surface area contributed by atoms with Gasteiger partial charge in [0, 0.05) is 6.07 Å². The lowest BCUT2D eigenvalue weighted by molar-refractivity contribution is 0.0963. The van der Waals surface area contributed by atoms with Crippen LogP contribution in [0.2, 0.25) is 0 Å². The molecule has 0 bridgehead atoms. The molecule has 0 spiro atoms. The largest absolute Gasteiger partial charge is 0.481 e. The zero-order chi connectivity index (χ0) is 10.7. The highest BCUT2D eigenvalue weighted by molar-refractivity contribution is 6.00. The molecule has 1 aromatic rings. The third-order valence-electron chi connectivity index (χ3n) is 1.72. The maximum atomic E-state index is 13.1. The number of hydrogen-bond acceptors (Lipinski definition) is 4. The van der Waals surface area contributed by atoms with Gasteiger partial charge in [0.15, 0.2) is 11.6 Å². The third kappa shape index (κ3) is 2.05. The standard InChI is InChI=1S/C9H11FN2O2/c1-5(11)9(13)6-3-8(14-2)12-4-7(6)10/h3-5H,11H2,1-2H3. The molecule has 1 heterocycles. The van der Waals surface area contributed by atoms with Crippen molar-refractivity contribution in [3.63, 3.8) is 0 Å². The maximum Gasteiger partial charge on any atom is 0.213 e. The highest BCUT2D eigenvalue weighted by atomic mass is 19.1. The highest BCUT2D eigenvalue weighted by Gasteiger charge is 2.16. The Bertz CT molecular complexity index is 353. The van der Waals surface area contributed by atoms with E-state index in [0.29, 0.717) is 0 Å². The molecule has 76 valence electrons. The zero-order valence-corrected chi connectivity index (χ0v) is 7.95. The van der Waals surface area contributed by atoms with Crippen molar-refractivity contribution < 1.29 is 13.9 Å². The van der Waals surface area contributed by atoms with Gasteiger partial charge in [0.25, 0.3) is 0 Å². The first-order valence-corrected chi connectivity index (χ1v) is 4.05. The van der Waals surface area contributed by atoms with Crippen LogP contribution in [0.15, 0.2) is 12.3 Å². The summed E-state index contributed by atoms with van der Waals surface area (Å²) in [4.78, 5) is 15.0. The Morgan fingerprint density at radius 3 is 2.86 bits per heavy atom. The fourth-order valence-corrected chi connectivity index (χ4v) is 0.965. The number of nitrogens with zero attached hydrogens (tertiary/aromatic N) is 1. The van der Waals surface area contributed by atoms with Crippen LogP contribution in [0.4, 0.5) is 4.39 Å². The van der Waals surface area contributed by atoms with Crippen LogP contribution in [0.3, 0.4) is 0 Å². The average Bonchev–Trinajstić information content (AvgIpc) is 2.17. The van der Waals surface area contributed by atoms with Crippen LogP contribution in [-0.2, 0) is 0 Å². The minimum atomic E-state index is -0.739. The fourth-order valence-electron chi connectivity index (χ4n) is 0.965. The summed E-state index contributed by atoms with van der Waals surface area (Å²) in [7, 11) is 1.39. The molecular weight excluding hydrogens is 187 g/mol. The molecule has 5 heteroatoms. The van der Waals surface area contributed by atoms with Crippen molar-refractivity contribution in [1.29, 1.82) is 0 Å². The topological polar surface area (TPSA) is 65.2 Å². The number of rotatable bonds is 3. The van der Waals surface area contributed by atoms with E-state index in [-0.39, 0.29) is 11.4 Å². The highest BCUT2D eigenvalue weighted by Crippen LogP contribution is 2.14. The maximum absolute atomic E-state index is 13.1. The first-order valence-electron chi connectivity index (χ1n) is 4.05. The summed E-state index contributed by atoms with van der Waals surface area (Å²) in [5, 5.41) is 0. The number of nitrogens with two attached hydrogens (primary N) is 1. The van der Waals surface area contributed by atoms with Crippen LogP contribution in [0, 0.1) is 5.82 Å². The van der Waals surface area contributed by atoms with Gasteiger partial charge in [0.05, 0.1) is 24.9 Å². The van der Waals surface area contributed by atoms with Crippen LogP contribution >= 0.6 is 0 Å². The predicted octanol–water partition coefficient (Wildman–Crippen LogP) is 0.759. The quantitative estimate of drug-likeness (QED) is 0.728. The second-order valence-electron chi connectivity index (χ2n) is 2.86. The van der Waals surface area contributed by atoms with Crippen LogP contribution in [0.1, 0.15) is 17.3 Å². The number of Topliss-reactive ketones (excluding diaryl/α,β-unsaturated/α-hetero) is 1. The molecule has 1 unspecified atom stereocenters. The van der Waals surface area contributed by atoms with Crippen molar-refractivity contribution in [2.45, 2.75) is 13.0 Å². The zero-order valence-electron chi connectivity index (χ0n) is 7.95. The van der Waals surface area contributed by atoms with Crippen LogP contribution in [0.5, 0.6) is 5.88 Å². The van der Waals surface area contributed by atoms with Crippen LogP contribution in [0.25, 0.3) is 0 Å². The summed E-state index contributed by atoms with van der Waals surface area (Å²) in [6.07, 6.45) is 0.939. The van der Waals surface area contributed by atoms with Gasteiger partial charge in [0.1, 0.15) is 0 Å². The van der Waals surface area contributed by atoms with E-state index in [4.69, 9.17) is 10.5 Å². The Morgan fingerprint density at radius 2 is 2.36 bits per heavy atom. The number of aromatic nitrogens is 1. The summed E-state index contributed by atoms with van der Waals surface area (Å²) >= 11 is 0. The first kappa shape index (κ1) is 10.6. The minimum Gasteiger partial charge on any atom is -0.481 e. The van der Waals surface area contributed by atoms with E-state index in [2.05, 4.69) is 4.98 Å². The lowest BCUT2D eigenvalue weighted by atomic mass is 10.1. The van der Waals surface area contributed by atoms with Crippen molar-refractivity contribution in [3.05, 3.63) is 23.6 Å². The van der Waals surface area contributed by atoms with E-state index in [1.54, 1.807) is 0 Å². The Morgan fingerprint density at radius 1 is 1.71 bits per heavy atom. The summed E-state index contributed by atoms with van der Waals surface area (Å²) in [5.41, 5.74) is 5.26. The SMILES string of the molecule is COc1cc(C(=O)C(C)N)c(F)cn1. The molecule has 0 aliphatic heterocycles. The molecular formula is C9H11FN2O2. The minimum absolute atomic E-state index is 0.0909. The van der Waals surface area contributed by atoms with Crippen LogP contribution in [-0.4, -0.2) is 23.9 Å². The van der Waals surface area contributed by atoms with E-state index in [9.17, 15) is 9.18 Å². The number of ketones is 1. The monoisotopic (exact) mass is 198 g/mol. The second-order valence-corrected chi connectivity index (χ2v) is 2.86. The fraction of sp³-hybridized carbons (Fsp3) is 0.333. The average molecular weight is 198 g/mol. The van der Waals surface area contributed by atoms with E-state index in [1.165, 1.54) is 20.1 Å². The molecule has 0 aliphatic rings. The van der Waals surface area contributed by atoms with Crippen molar-refractivity contribution in [2.75, 3.05) is 7.11 Å². The Kier molecular flexibility index (Phi) is 3.14. The molecule has 2 N–H and O–H groups in total. The van der Waals surface area contributed by atoms with Gasteiger partial charge in [-0.2, -0.15) is 0 Å². The molecule has 1 aromatic heterocycles. The number of methoxy groups -OCH3 is 1. The molecule has 0 saturated heterocycles. The lowest BCUT2D eigenvalue weighted by Crippen LogP contribution is -2.27. The number of hydrogen-bond donors (Lipinski definition) is 1. The van der Waals surface area contributed by atoms with Gasteiger partial charge in [-0.3, -0.25) is 4.79 Å². The molecule has 0 amide bonds. The Balaban J connectivity index is 3.12. The molecule has 0 radical (unpaired) electrons. The normalized spacial score (nSPS) is 12.3. The lowest BCUT2D eigenvalue weighted by Gasteiger charge is -2.06.